The minimum Gasteiger partial charge on any atom is -0.462 e. The third-order valence-electron chi connectivity index (χ3n) is 18.4. The lowest BCUT2D eigenvalue weighted by molar-refractivity contribution is -0.161. The van der Waals surface area contributed by atoms with Crippen LogP contribution < -0.4 is 0 Å². The van der Waals surface area contributed by atoms with Crippen molar-refractivity contribution in [3.63, 3.8) is 0 Å². The molecule has 3 N–H and O–H groups in total. The van der Waals surface area contributed by atoms with Crippen LogP contribution >= 0.6 is 15.6 Å². The molecule has 582 valence electrons. The fourth-order valence-electron chi connectivity index (χ4n) is 12.1. The first-order chi connectivity index (χ1) is 47.2. The van der Waals surface area contributed by atoms with Crippen LogP contribution in [0.2, 0.25) is 0 Å². The van der Waals surface area contributed by atoms with Gasteiger partial charge in [0.1, 0.15) is 19.3 Å². The van der Waals surface area contributed by atoms with Crippen molar-refractivity contribution < 1.29 is 80.2 Å². The second kappa shape index (κ2) is 69.4. The zero-order valence-corrected chi connectivity index (χ0v) is 66.0. The molecule has 0 bridgehead atoms. The summed E-state index contributed by atoms with van der Waals surface area (Å²) in [6.07, 6.45) is 57.1. The van der Waals surface area contributed by atoms with Crippen molar-refractivity contribution in [2.45, 2.75) is 426 Å². The Morgan fingerprint density at radius 2 is 0.469 bits per heavy atom. The van der Waals surface area contributed by atoms with E-state index in [1.54, 1.807) is 0 Å². The third kappa shape index (κ3) is 72.4. The van der Waals surface area contributed by atoms with Gasteiger partial charge in [-0.1, -0.05) is 357 Å². The summed E-state index contributed by atoms with van der Waals surface area (Å²) in [7, 11) is -9.92. The molecular formula is C79H154O17P2. The molecule has 0 aliphatic heterocycles. The lowest BCUT2D eigenvalue weighted by Crippen LogP contribution is -2.30. The summed E-state index contributed by atoms with van der Waals surface area (Å²) in [5.74, 6) is 0.109. The number of aliphatic hydroxyl groups excluding tert-OH is 1. The highest BCUT2D eigenvalue weighted by atomic mass is 31.2. The van der Waals surface area contributed by atoms with Gasteiger partial charge < -0.3 is 33.8 Å². The van der Waals surface area contributed by atoms with Crippen molar-refractivity contribution in [2.24, 2.45) is 17.8 Å². The summed E-state index contributed by atoms with van der Waals surface area (Å²) >= 11 is 0. The summed E-state index contributed by atoms with van der Waals surface area (Å²) in [5.41, 5.74) is 0. The minimum absolute atomic E-state index is 0.104. The van der Waals surface area contributed by atoms with Crippen molar-refractivity contribution in [3.8, 4) is 0 Å². The molecule has 0 heterocycles. The Balaban J connectivity index is 5.21. The number of aliphatic hydroxyl groups is 1. The lowest BCUT2D eigenvalue weighted by Gasteiger charge is -2.21. The highest BCUT2D eigenvalue weighted by Gasteiger charge is 2.30. The van der Waals surface area contributed by atoms with Crippen molar-refractivity contribution in [3.05, 3.63) is 0 Å². The van der Waals surface area contributed by atoms with Gasteiger partial charge in [-0.05, 0) is 43.4 Å². The molecule has 0 radical (unpaired) electrons. The maximum atomic E-state index is 13.1. The van der Waals surface area contributed by atoms with E-state index in [-0.39, 0.29) is 25.7 Å². The molecule has 0 saturated carbocycles. The molecule has 0 amide bonds. The Kier molecular flexibility index (Phi) is 68.1. The number of carbonyl (C=O) groups is 4. The van der Waals surface area contributed by atoms with Crippen LogP contribution in [-0.2, 0) is 65.4 Å². The van der Waals surface area contributed by atoms with Crippen LogP contribution in [0.3, 0.4) is 0 Å². The van der Waals surface area contributed by atoms with Crippen LogP contribution in [-0.4, -0.2) is 96.7 Å². The molecule has 0 aromatic heterocycles. The van der Waals surface area contributed by atoms with Crippen LogP contribution in [0.25, 0.3) is 0 Å². The maximum Gasteiger partial charge on any atom is 0.472 e. The Labute approximate surface area is 600 Å². The summed E-state index contributed by atoms with van der Waals surface area (Å²) in [4.78, 5) is 72.9. The van der Waals surface area contributed by atoms with Gasteiger partial charge in [0.2, 0.25) is 0 Å². The Bertz CT molecular complexity index is 1900. The van der Waals surface area contributed by atoms with Crippen molar-refractivity contribution >= 4 is 39.5 Å². The van der Waals surface area contributed by atoms with E-state index in [1.807, 2.05) is 0 Å². The summed E-state index contributed by atoms with van der Waals surface area (Å²) in [6, 6.07) is 0. The molecule has 19 heteroatoms. The van der Waals surface area contributed by atoms with Crippen molar-refractivity contribution in [2.75, 3.05) is 39.6 Å². The molecule has 0 saturated heterocycles. The molecule has 0 aromatic carbocycles. The van der Waals surface area contributed by atoms with Gasteiger partial charge >= 0.3 is 39.5 Å². The zero-order chi connectivity index (χ0) is 72.3. The number of rotatable bonds is 77. The number of hydrogen-bond acceptors (Lipinski definition) is 15. The highest BCUT2D eigenvalue weighted by Crippen LogP contribution is 2.45. The van der Waals surface area contributed by atoms with E-state index in [0.717, 1.165) is 108 Å². The predicted molar refractivity (Wildman–Crippen MR) is 400 cm³/mol. The van der Waals surface area contributed by atoms with Gasteiger partial charge in [0.25, 0.3) is 0 Å². The van der Waals surface area contributed by atoms with E-state index in [4.69, 9.17) is 37.0 Å². The largest absolute Gasteiger partial charge is 0.472 e. The van der Waals surface area contributed by atoms with E-state index >= 15 is 0 Å². The van der Waals surface area contributed by atoms with Crippen LogP contribution in [0.5, 0.6) is 0 Å². The molecule has 0 aliphatic carbocycles. The van der Waals surface area contributed by atoms with Gasteiger partial charge in [0.15, 0.2) is 12.2 Å². The summed E-state index contributed by atoms with van der Waals surface area (Å²) in [5, 5.41) is 10.6. The lowest BCUT2D eigenvalue weighted by atomic mass is 10.0. The molecule has 98 heavy (non-hydrogen) atoms. The fourth-order valence-corrected chi connectivity index (χ4v) is 13.7. The first-order valence-electron chi connectivity index (χ1n) is 40.8. The van der Waals surface area contributed by atoms with Gasteiger partial charge in [-0.25, -0.2) is 9.13 Å². The normalized spacial score (nSPS) is 14.0. The minimum atomic E-state index is -4.96. The van der Waals surface area contributed by atoms with Gasteiger partial charge in [-0.15, -0.1) is 0 Å². The Hall–Kier alpha value is -1.94. The molecule has 0 spiro atoms. The average Bonchev–Trinajstić information content (AvgIpc) is 1.01. The van der Waals surface area contributed by atoms with Gasteiger partial charge in [-0.2, -0.15) is 0 Å². The second-order valence-corrected chi connectivity index (χ2v) is 32.8. The number of hydrogen-bond donors (Lipinski definition) is 3. The fraction of sp³-hybridized carbons (Fsp3) is 0.949. The van der Waals surface area contributed by atoms with Gasteiger partial charge in [0, 0.05) is 25.7 Å². The molecule has 2 unspecified atom stereocenters. The number of ether oxygens (including phenoxy) is 4. The van der Waals surface area contributed by atoms with Crippen molar-refractivity contribution in [1.29, 1.82) is 0 Å². The molecule has 17 nitrogen and oxygen atoms in total. The van der Waals surface area contributed by atoms with Gasteiger partial charge in [0.05, 0.1) is 26.4 Å². The van der Waals surface area contributed by atoms with Crippen LogP contribution in [0.15, 0.2) is 0 Å². The number of phosphoric ester groups is 2. The standard InChI is InChI=1S/C79H154O17P2/c1-8-9-10-11-12-13-14-15-16-17-18-19-20-21-22-23-28-31-41-48-55-62-78(83)95-74(66-89-76(81)60-53-46-39-30-27-25-24-26-29-36-43-50-57-70(2)3)68-93-97(85,86)91-64-73(80)65-92-98(87,88)94-69-75(96-79(84)63-56-49-42-35-33-38-45-52-59-72(6)7)67-90-77(82)61-54-47-40-34-32-37-44-51-58-71(4)5/h70-75,80H,8-69H2,1-7H3,(H,85,86)(H,87,88)/t73-,74-,75-/m1/s1. The SMILES string of the molecule is CCCCCCCCCCCCCCCCCCCCCCCC(=O)O[C@H](COC(=O)CCCCCCCCCCCCCCC(C)C)COP(=O)(O)OC[C@@H](O)COP(=O)(O)OC[C@@H](COC(=O)CCCCCCCCCCC(C)C)OC(=O)CCCCCCCCCCC(C)C. The molecule has 5 atom stereocenters. The van der Waals surface area contributed by atoms with Gasteiger partial charge in [-0.3, -0.25) is 37.3 Å². The molecule has 0 aromatic rings. The monoisotopic (exact) mass is 1440 g/mol. The molecular weight excluding hydrogens is 1280 g/mol. The first kappa shape index (κ1) is 96.1. The van der Waals surface area contributed by atoms with Crippen LogP contribution in [0, 0.1) is 17.8 Å². The quantitative estimate of drug-likeness (QED) is 0.0222. The highest BCUT2D eigenvalue weighted by molar-refractivity contribution is 7.47. The predicted octanol–water partition coefficient (Wildman–Crippen LogP) is 23.4. The van der Waals surface area contributed by atoms with E-state index in [0.29, 0.717) is 25.7 Å². The number of unbranched alkanes of at least 4 members (excludes halogenated alkanes) is 45. The smallest absolute Gasteiger partial charge is 0.462 e. The Morgan fingerprint density at radius 1 is 0.276 bits per heavy atom. The van der Waals surface area contributed by atoms with Crippen molar-refractivity contribution in [1.82, 2.24) is 0 Å². The van der Waals surface area contributed by atoms with E-state index < -0.39 is 97.5 Å². The third-order valence-corrected chi connectivity index (χ3v) is 20.3. The van der Waals surface area contributed by atoms with Crippen LogP contribution in [0.4, 0.5) is 0 Å². The van der Waals surface area contributed by atoms with Crippen LogP contribution in [0.1, 0.15) is 408 Å². The Morgan fingerprint density at radius 3 is 0.694 bits per heavy atom. The topological polar surface area (TPSA) is 237 Å². The number of carbonyl (C=O) groups excluding carboxylic acids is 4. The maximum absolute atomic E-state index is 13.1. The summed E-state index contributed by atoms with van der Waals surface area (Å²) < 4.78 is 68.6. The first-order valence-corrected chi connectivity index (χ1v) is 43.8. The average molecular weight is 1440 g/mol. The molecule has 0 aliphatic rings. The van der Waals surface area contributed by atoms with E-state index in [9.17, 15) is 43.2 Å². The summed E-state index contributed by atoms with van der Waals surface area (Å²) in [6.45, 7) is 11.9. The zero-order valence-electron chi connectivity index (χ0n) is 64.3. The number of esters is 4. The van der Waals surface area contributed by atoms with E-state index in [1.165, 1.54) is 218 Å². The molecule has 0 rings (SSSR count). The van der Waals surface area contributed by atoms with E-state index in [2.05, 4.69) is 48.5 Å². The molecule has 0 fully saturated rings. The number of phosphoric acid groups is 2. The second-order valence-electron chi connectivity index (χ2n) is 29.9.